The minimum atomic E-state index is -1.65. The minimum Gasteiger partial charge on any atom is -0.394 e. The van der Waals surface area contributed by atoms with Gasteiger partial charge in [-0.2, -0.15) is 0 Å². The smallest absolute Gasteiger partial charge is 0.114 e. The monoisotopic (exact) mass is 1700 g/mol. The Morgan fingerprint density at radius 1 is 0.175 bits per heavy atom. The van der Waals surface area contributed by atoms with Crippen molar-refractivity contribution in [2.24, 2.45) is 0 Å². The first kappa shape index (κ1) is 130. The molecule has 0 rings (SSSR count). The first-order valence-electron chi connectivity index (χ1n) is 37.4. The van der Waals surface area contributed by atoms with E-state index in [-0.39, 0.29) is 121 Å². The van der Waals surface area contributed by atoms with Crippen molar-refractivity contribution in [2.45, 2.75) is 213 Å². The van der Waals surface area contributed by atoms with Crippen molar-refractivity contribution in [1.82, 2.24) is 0 Å². The number of aliphatic hydroxyl groups is 24. The van der Waals surface area contributed by atoms with Crippen LogP contribution < -0.4 is 0 Å². The number of aliphatic hydroxyl groups excluding tert-OH is 24. The maximum Gasteiger partial charge on any atom is 0.114 e. The number of hydrogen-bond donors (Lipinski definition) is 24. The molecular weight excluding hydrogens is 1540 g/mol. The third-order valence-corrected chi connectivity index (χ3v) is 13.4. The molecule has 0 fully saturated rings. The Hall–Kier alpha value is -1.68. The van der Waals surface area contributed by atoms with Crippen LogP contribution in [-0.2, 0) is 85.3 Å². The summed E-state index contributed by atoms with van der Waals surface area (Å²) in [6.45, 7) is 17.5. The van der Waals surface area contributed by atoms with Crippen molar-refractivity contribution in [3.63, 3.8) is 0 Å². The lowest BCUT2D eigenvalue weighted by Gasteiger charge is -2.33. The lowest BCUT2D eigenvalue weighted by molar-refractivity contribution is -0.186. The fraction of sp³-hybridized carbons (Fsp3) is 1.00. The zero-order valence-electron chi connectivity index (χ0n) is 66.8. The molecule has 0 spiro atoms. The summed E-state index contributed by atoms with van der Waals surface area (Å²) in [6.07, 6.45) is -20.9. The van der Waals surface area contributed by atoms with Gasteiger partial charge in [-0.15, -0.1) is 0 Å². The second-order valence-electron chi connectivity index (χ2n) is 23.7. The summed E-state index contributed by atoms with van der Waals surface area (Å²) in [4.78, 5) is 0. The van der Waals surface area contributed by atoms with Crippen LogP contribution in [0.3, 0.4) is 0 Å². The molecule has 42 heteroatoms. The summed E-state index contributed by atoms with van der Waals surface area (Å²) < 4.78 is 93.4. The molecule has 0 saturated carbocycles. The molecule has 0 saturated heterocycles. The van der Waals surface area contributed by atoms with Gasteiger partial charge in [0.25, 0.3) is 0 Å². The van der Waals surface area contributed by atoms with Crippen LogP contribution in [0.25, 0.3) is 0 Å². The number of hydrogen-bond acceptors (Lipinski definition) is 42. The van der Waals surface area contributed by atoms with Gasteiger partial charge in [0.2, 0.25) is 0 Å². The van der Waals surface area contributed by atoms with Crippen molar-refractivity contribution in [3.05, 3.63) is 0 Å². The van der Waals surface area contributed by atoms with Gasteiger partial charge < -0.3 is 208 Å². The molecule has 0 radical (unpaired) electrons. The van der Waals surface area contributed by atoms with E-state index in [4.69, 9.17) is 157 Å². The van der Waals surface area contributed by atoms with Crippen molar-refractivity contribution in [3.8, 4) is 0 Å². The van der Waals surface area contributed by atoms with Crippen molar-refractivity contribution >= 4 is 0 Å². The van der Waals surface area contributed by atoms with Gasteiger partial charge >= 0.3 is 0 Å². The van der Waals surface area contributed by atoms with Crippen molar-refractivity contribution in [1.29, 1.82) is 0 Å². The van der Waals surface area contributed by atoms with Gasteiger partial charge in [-0.25, -0.2) is 0 Å². The average Bonchev–Trinajstić information content (AvgIpc) is 0.863. The Bertz CT molecular complexity index is 1720. The molecule has 42 nitrogen and oxygen atoms in total. The zero-order chi connectivity index (χ0) is 85.4. The third-order valence-electron chi connectivity index (χ3n) is 13.4. The van der Waals surface area contributed by atoms with Gasteiger partial charge in [0.1, 0.15) is 128 Å². The van der Waals surface area contributed by atoms with E-state index in [9.17, 15) is 51.1 Å². The summed E-state index contributed by atoms with van der Waals surface area (Å²) in [7, 11) is 0. The van der Waals surface area contributed by atoms with Gasteiger partial charge in [0.15, 0.2) is 0 Å². The Balaban J connectivity index is -0.000000171. The first-order chi connectivity index (χ1) is 53.1. The quantitative estimate of drug-likeness (QED) is 0.0269. The average molecular weight is 1700 g/mol. The van der Waals surface area contributed by atoms with E-state index in [1.165, 1.54) is 0 Å². The highest BCUT2D eigenvalue weighted by Crippen LogP contribution is 2.17. The number of rotatable bonds is 72. The molecule has 0 heterocycles. The third kappa shape index (κ3) is 85.3. The van der Waals surface area contributed by atoms with E-state index in [1.807, 2.05) is 62.3 Å². The van der Waals surface area contributed by atoms with E-state index in [0.29, 0.717) is 72.7 Å². The second-order valence-corrected chi connectivity index (χ2v) is 23.7. The van der Waals surface area contributed by atoms with Gasteiger partial charge in [-0.1, -0.05) is 22.3 Å². The van der Waals surface area contributed by atoms with Crippen molar-refractivity contribution in [2.75, 3.05) is 258 Å². The van der Waals surface area contributed by atoms with E-state index >= 15 is 0 Å². The van der Waals surface area contributed by atoms with Gasteiger partial charge in [-0.05, 0) is 62.3 Å². The Labute approximate surface area is 676 Å². The topological polar surface area (TPSA) is 652 Å². The zero-order valence-corrected chi connectivity index (χ0v) is 66.8. The molecule has 0 aliphatic heterocycles. The standard InChI is InChI=1S/C18H38O14.C14H30O6.C12H26O9.C9H20O7.C9H20O3.C7H16O3.3CH4/c19-1-11(23)5-29-9-15(27)18(32-8-14(26)4-22)17(28)16(31-7-13(25)3-21)10-30-6-12(24)2-20;1-5-17-9-11(15)14(20-8-4)13(16)12(19-7-3)10-18-6-2;13-1-9(16)4-19-7-12(21-6-11(18)3-15)8-20-5-10(17)2-14;10-1-7(12)3-15-5-9(14)6-16-4-8(13)2-11;1-4-10-7-9(12-6-3)8-11-5-2;1-3-9-5-7(8)6-10-4-2;;;/h11-28H,1-10H2;11-16H,5-10H2,1-4H3;9-18H,1-8H2;7-14H,1-6H2;9H,4-8H2,1-3H3;7-8H,3-6H2,1-2H3;3*1H4. The summed E-state index contributed by atoms with van der Waals surface area (Å²) in [6, 6.07) is 0. The maximum atomic E-state index is 10.8. The van der Waals surface area contributed by atoms with Crippen LogP contribution in [-0.4, -0.2) is 508 Å². The summed E-state index contributed by atoms with van der Waals surface area (Å²) >= 11 is 0. The highest BCUT2D eigenvalue weighted by Gasteiger charge is 2.37. The van der Waals surface area contributed by atoms with Crippen LogP contribution in [0.4, 0.5) is 0 Å². The van der Waals surface area contributed by atoms with Crippen LogP contribution in [0.1, 0.15) is 84.6 Å². The SMILES string of the molecule is C.C.C.CCOCC(COCC)OCC.CCOCC(O)C(OCC)C(O)C(COCC)OCC.CCOCC(O)COCC.OCC(O)COCC(COCC(O)CO)OCC(O)CO.OCC(O)COCC(O)C(OCC(O)CO)C(O)C(COCC(O)CO)OCC(O)CO.OCC(O)COCC(O)COCC(O)CO. The normalized spacial score (nSPS) is 16.3. The minimum absolute atomic E-state index is 0. The van der Waals surface area contributed by atoms with Crippen LogP contribution in [0.5, 0.6) is 0 Å². The van der Waals surface area contributed by atoms with Crippen LogP contribution in [0.15, 0.2) is 0 Å². The van der Waals surface area contributed by atoms with E-state index in [2.05, 4.69) is 0 Å². The van der Waals surface area contributed by atoms with Gasteiger partial charge in [0, 0.05) is 59.5 Å². The molecule has 114 heavy (non-hydrogen) atoms. The molecule has 0 aromatic rings. The van der Waals surface area contributed by atoms with Crippen LogP contribution in [0.2, 0.25) is 0 Å². The van der Waals surface area contributed by atoms with E-state index in [0.717, 1.165) is 13.2 Å². The molecule has 0 aliphatic rings. The fourth-order valence-electron chi connectivity index (χ4n) is 7.66. The molecule has 0 aliphatic carbocycles. The molecule has 24 N–H and O–H groups in total. The Morgan fingerprint density at radius 3 is 0.702 bits per heavy atom. The number of ether oxygens (including phenoxy) is 18. The fourth-order valence-corrected chi connectivity index (χ4v) is 7.66. The molecule has 0 aromatic carbocycles. The van der Waals surface area contributed by atoms with Crippen LogP contribution in [0, 0.1) is 0 Å². The predicted octanol–water partition coefficient (Wildman–Crippen LogP) is -8.14. The second kappa shape index (κ2) is 96.8. The molecule has 17 unspecified atom stereocenters. The first-order valence-corrected chi connectivity index (χ1v) is 37.4. The Morgan fingerprint density at radius 2 is 0.377 bits per heavy atom. The molecular formula is C72H162O42. The summed E-state index contributed by atoms with van der Waals surface area (Å²) in [5.74, 6) is 0. The molecule has 0 amide bonds. The highest BCUT2D eigenvalue weighted by molar-refractivity contribution is 4.86. The molecule has 702 valence electrons. The molecule has 0 aromatic heterocycles. The van der Waals surface area contributed by atoms with E-state index < -0.39 is 201 Å². The predicted molar refractivity (Wildman–Crippen MR) is 413 cm³/mol. The lowest BCUT2D eigenvalue weighted by atomic mass is 10.0. The highest BCUT2D eigenvalue weighted by atomic mass is 16.6. The molecule has 0 bridgehead atoms. The summed E-state index contributed by atoms with van der Waals surface area (Å²) in [5, 5.41) is 221. The maximum absolute atomic E-state index is 10.8. The van der Waals surface area contributed by atoms with Crippen LogP contribution >= 0.6 is 0 Å². The van der Waals surface area contributed by atoms with E-state index in [1.54, 1.807) is 0 Å². The molecule has 17 atom stereocenters. The van der Waals surface area contributed by atoms with Crippen molar-refractivity contribution < 1.29 is 208 Å². The summed E-state index contributed by atoms with van der Waals surface area (Å²) in [5.41, 5.74) is 0. The van der Waals surface area contributed by atoms with Gasteiger partial charge in [-0.3, -0.25) is 0 Å². The van der Waals surface area contributed by atoms with Gasteiger partial charge in [0.05, 0.1) is 198 Å². The Kier molecular flexibility index (Phi) is 111. The lowest BCUT2D eigenvalue weighted by Crippen LogP contribution is -2.51. The largest absolute Gasteiger partial charge is 0.394 e.